The number of hydrogen-bond donors (Lipinski definition) is 1. The lowest BCUT2D eigenvalue weighted by Crippen LogP contribution is -2.42. The van der Waals surface area contributed by atoms with E-state index in [9.17, 15) is 4.79 Å². The largest absolute Gasteiger partial charge is 0.456 e. The minimum Gasteiger partial charge on any atom is -0.456 e. The van der Waals surface area contributed by atoms with Crippen LogP contribution in [0.15, 0.2) is 28.7 Å². The number of piperidine rings is 1. The Hall–Kier alpha value is -0.870. The molecule has 104 valence electrons. The minimum absolute atomic E-state index is 0.246. The molecule has 1 fully saturated rings. The van der Waals surface area contributed by atoms with Crippen LogP contribution in [0.5, 0.6) is 0 Å². The number of carbonyl (C=O) groups excluding carboxylic acids is 1. The molecule has 0 atom stereocenters. The molecule has 1 N–H and O–H groups in total. The summed E-state index contributed by atoms with van der Waals surface area (Å²) in [6.07, 6.45) is 2.11. The van der Waals surface area contributed by atoms with Crippen LogP contribution in [0.1, 0.15) is 37.0 Å². The van der Waals surface area contributed by atoms with E-state index in [1.54, 1.807) is 12.1 Å². The van der Waals surface area contributed by atoms with Crippen molar-refractivity contribution in [3.63, 3.8) is 0 Å². The lowest BCUT2D eigenvalue weighted by atomic mass is 9.83. The molecule has 1 aromatic carbocycles. The van der Waals surface area contributed by atoms with Gasteiger partial charge in [0.05, 0.1) is 5.56 Å². The number of esters is 1. The van der Waals surface area contributed by atoms with Crippen molar-refractivity contribution < 1.29 is 9.53 Å². The Labute approximate surface area is 122 Å². The second-order valence-corrected chi connectivity index (χ2v) is 6.44. The quantitative estimate of drug-likeness (QED) is 0.866. The number of carbonyl (C=O) groups is 1. The van der Waals surface area contributed by atoms with Crippen molar-refractivity contribution in [3.8, 4) is 0 Å². The highest BCUT2D eigenvalue weighted by molar-refractivity contribution is 9.10. The van der Waals surface area contributed by atoms with E-state index in [0.717, 1.165) is 30.4 Å². The van der Waals surface area contributed by atoms with Crippen LogP contribution in [0.4, 0.5) is 0 Å². The topological polar surface area (TPSA) is 38.3 Å². The summed E-state index contributed by atoms with van der Waals surface area (Å²) < 4.78 is 6.62. The molecule has 0 saturated carbocycles. The van der Waals surface area contributed by atoms with Crippen molar-refractivity contribution in [2.75, 3.05) is 13.1 Å². The van der Waals surface area contributed by atoms with E-state index in [-0.39, 0.29) is 5.97 Å². The average Bonchev–Trinajstić information content (AvgIpc) is 2.39. The number of nitrogens with one attached hydrogen (secondary N) is 1. The SMILES string of the molecule is CC(C)(OC(=O)c1cccc(Br)c1)C1CCNCC1. The maximum atomic E-state index is 12.2. The smallest absolute Gasteiger partial charge is 0.338 e. The van der Waals surface area contributed by atoms with E-state index in [0.29, 0.717) is 11.5 Å². The summed E-state index contributed by atoms with van der Waals surface area (Å²) in [4.78, 5) is 12.2. The normalized spacial score (nSPS) is 17.2. The van der Waals surface area contributed by atoms with Gasteiger partial charge < -0.3 is 10.1 Å². The molecule has 19 heavy (non-hydrogen) atoms. The molecule has 2 rings (SSSR count). The van der Waals surface area contributed by atoms with Crippen molar-refractivity contribution in [1.29, 1.82) is 0 Å². The molecule has 1 saturated heterocycles. The van der Waals surface area contributed by atoms with Gasteiger partial charge in [-0.1, -0.05) is 22.0 Å². The molecule has 1 aromatic rings. The number of rotatable bonds is 3. The van der Waals surface area contributed by atoms with Gasteiger partial charge in [-0.3, -0.25) is 0 Å². The summed E-state index contributed by atoms with van der Waals surface area (Å²) >= 11 is 3.37. The van der Waals surface area contributed by atoms with E-state index in [1.165, 1.54) is 0 Å². The Morgan fingerprint density at radius 3 is 2.68 bits per heavy atom. The molecule has 4 heteroatoms. The van der Waals surface area contributed by atoms with Gasteiger partial charge in [0, 0.05) is 10.4 Å². The van der Waals surface area contributed by atoms with Gasteiger partial charge in [-0.25, -0.2) is 4.79 Å². The molecule has 0 unspecified atom stereocenters. The fourth-order valence-electron chi connectivity index (χ4n) is 2.51. The van der Waals surface area contributed by atoms with Gasteiger partial charge in [0.25, 0.3) is 0 Å². The van der Waals surface area contributed by atoms with Crippen LogP contribution >= 0.6 is 15.9 Å². The second-order valence-electron chi connectivity index (χ2n) is 5.53. The highest BCUT2D eigenvalue weighted by Crippen LogP contribution is 2.30. The Bertz CT molecular complexity index is 453. The Balaban J connectivity index is 2.04. The van der Waals surface area contributed by atoms with E-state index in [1.807, 2.05) is 26.0 Å². The van der Waals surface area contributed by atoms with E-state index in [2.05, 4.69) is 21.2 Å². The Morgan fingerprint density at radius 1 is 1.37 bits per heavy atom. The highest BCUT2D eigenvalue weighted by Gasteiger charge is 2.34. The third-order valence-electron chi connectivity index (χ3n) is 3.74. The lowest BCUT2D eigenvalue weighted by molar-refractivity contribution is -0.0368. The van der Waals surface area contributed by atoms with Crippen LogP contribution in [0, 0.1) is 5.92 Å². The first-order chi connectivity index (χ1) is 8.99. The van der Waals surface area contributed by atoms with Gasteiger partial charge in [-0.2, -0.15) is 0 Å². The summed E-state index contributed by atoms with van der Waals surface area (Å²) in [5.41, 5.74) is 0.179. The first-order valence-corrected chi connectivity index (χ1v) is 7.48. The third kappa shape index (κ3) is 3.80. The number of halogens is 1. The second kappa shape index (κ2) is 6.06. The number of ether oxygens (including phenoxy) is 1. The maximum Gasteiger partial charge on any atom is 0.338 e. The van der Waals surface area contributed by atoms with Crippen LogP contribution in [0.25, 0.3) is 0 Å². The predicted octanol–water partition coefficient (Wildman–Crippen LogP) is 3.38. The Morgan fingerprint density at radius 2 is 2.05 bits per heavy atom. The summed E-state index contributed by atoms with van der Waals surface area (Å²) in [6.45, 7) is 6.03. The molecule has 1 aliphatic heterocycles. The summed E-state index contributed by atoms with van der Waals surface area (Å²) in [7, 11) is 0. The molecule has 0 amide bonds. The third-order valence-corrected chi connectivity index (χ3v) is 4.23. The standard InChI is InChI=1S/C15H20BrNO2/c1-15(2,12-6-8-17-9-7-12)19-14(18)11-4-3-5-13(16)10-11/h3-5,10,12,17H,6-9H2,1-2H3. The summed E-state index contributed by atoms with van der Waals surface area (Å²) in [6, 6.07) is 7.32. The Kier molecular flexibility index (Phi) is 4.63. The lowest BCUT2D eigenvalue weighted by Gasteiger charge is -2.36. The molecule has 0 spiro atoms. The van der Waals surface area contributed by atoms with E-state index >= 15 is 0 Å². The highest BCUT2D eigenvalue weighted by atomic mass is 79.9. The van der Waals surface area contributed by atoms with Gasteiger partial charge in [0.1, 0.15) is 5.60 Å². The van der Waals surface area contributed by atoms with Crippen LogP contribution < -0.4 is 5.32 Å². The molecule has 0 aromatic heterocycles. The predicted molar refractivity (Wildman–Crippen MR) is 79.2 cm³/mol. The van der Waals surface area contributed by atoms with E-state index in [4.69, 9.17) is 4.74 Å². The van der Waals surface area contributed by atoms with Crippen LogP contribution in [-0.4, -0.2) is 24.7 Å². The fourth-order valence-corrected chi connectivity index (χ4v) is 2.91. The van der Waals surface area contributed by atoms with Gasteiger partial charge in [0.15, 0.2) is 0 Å². The molecule has 0 radical (unpaired) electrons. The van der Waals surface area contributed by atoms with Crippen molar-refractivity contribution in [2.24, 2.45) is 5.92 Å². The molecular weight excluding hydrogens is 306 g/mol. The zero-order valence-corrected chi connectivity index (χ0v) is 13.0. The van der Waals surface area contributed by atoms with Gasteiger partial charge in [-0.15, -0.1) is 0 Å². The van der Waals surface area contributed by atoms with Crippen molar-refractivity contribution in [3.05, 3.63) is 34.3 Å². The maximum absolute atomic E-state index is 12.2. The van der Waals surface area contributed by atoms with E-state index < -0.39 is 5.60 Å². The number of benzene rings is 1. The molecule has 1 heterocycles. The van der Waals surface area contributed by atoms with Gasteiger partial charge in [-0.05, 0) is 58.0 Å². The van der Waals surface area contributed by atoms with Crippen LogP contribution in [-0.2, 0) is 4.74 Å². The number of hydrogen-bond acceptors (Lipinski definition) is 3. The first kappa shape index (κ1) is 14.5. The van der Waals surface area contributed by atoms with Gasteiger partial charge in [0.2, 0.25) is 0 Å². The monoisotopic (exact) mass is 325 g/mol. The molecule has 0 bridgehead atoms. The van der Waals surface area contributed by atoms with Crippen molar-refractivity contribution in [2.45, 2.75) is 32.3 Å². The first-order valence-electron chi connectivity index (χ1n) is 6.69. The average molecular weight is 326 g/mol. The zero-order valence-electron chi connectivity index (χ0n) is 11.4. The molecular formula is C15H20BrNO2. The van der Waals surface area contributed by atoms with Crippen LogP contribution in [0.3, 0.4) is 0 Å². The zero-order chi connectivity index (χ0) is 13.9. The van der Waals surface area contributed by atoms with Crippen LogP contribution in [0.2, 0.25) is 0 Å². The van der Waals surface area contributed by atoms with Crippen molar-refractivity contribution >= 4 is 21.9 Å². The minimum atomic E-state index is -0.415. The summed E-state index contributed by atoms with van der Waals surface area (Å²) in [5, 5.41) is 3.33. The fraction of sp³-hybridized carbons (Fsp3) is 0.533. The molecule has 0 aliphatic carbocycles. The molecule has 3 nitrogen and oxygen atoms in total. The van der Waals surface area contributed by atoms with Crippen molar-refractivity contribution in [1.82, 2.24) is 5.32 Å². The van der Waals surface area contributed by atoms with Gasteiger partial charge >= 0.3 is 5.97 Å². The molecule has 1 aliphatic rings. The summed E-state index contributed by atoms with van der Waals surface area (Å²) in [5.74, 6) is 0.176.